The molecule has 0 spiro atoms. The second-order valence-electron chi connectivity index (χ2n) is 9.61. The van der Waals surface area contributed by atoms with E-state index in [1.54, 1.807) is 7.11 Å². The number of carbonyl (C=O) groups is 2. The topological polar surface area (TPSA) is 107 Å². The Balaban J connectivity index is 1.06. The minimum atomic E-state index is -0.266. The number of ether oxygens (including phenoxy) is 1. The maximum Gasteiger partial charge on any atom is 0.286 e. The third kappa shape index (κ3) is 6.02. The molecule has 14 heteroatoms. The Morgan fingerprint density at radius 3 is 2.41 bits per heavy atom. The van der Waals surface area contributed by atoms with Crippen molar-refractivity contribution in [1.82, 2.24) is 23.5 Å². The summed E-state index contributed by atoms with van der Waals surface area (Å²) in [6.45, 7) is 5.38. The van der Waals surface area contributed by atoms with Crippen LogP contribution in [0.1, 0.15) is 15.9 Å². The molecule has 11 nitrogen and oxygen atoms in total. The monoisotopic (exact) mass is 610 g/mol. The summed E-state index contributed by atoms with van der Waals surface area (Å²) in [5.41, 5.74) is 1.38. The fourth-order valence-electron chi connectivity index (χ4n) is 4.93. The van der Waals surface area contributed by atoms with Gasteiger partial charge < -0.3 is 24.3 Å². The van der Waals surface area contributed by atoms with Crippen LogP contribution in [0.3, 0.4) is 0 Å². The summed E-state index contributed by atoms with van der Waals surface area (Å²) in [7, 11) is 1.60. The van der Waals surface area contributed by atoms with Crippen LogP contribution in [-0.2, 0) is 4.79 Å². The van der Waals surface area contributed by atoms with Gasteiger partial charge in [-0.25, -0.2) is 0 Å². The molecule has 1 aromatic carbocycles. The highest BCUT2D eigenvalue weighted by Crippen LogP contribution is 2.32. The van der Waals surface area contributed by atoms with E-state index in [1.165, 1.54) is 11.8 Å². The van der Waals surface area contributed by atoms with Crippen LogP contribution in [0.4, 0.5) is 11.6 Å². The van der Waals surface area contributed by atoms with Gasteiger partial charge in [-0.05, 0) is 41.6 Å². The second-order valence-corrected chi connectivity index (χ2v) is 11.5. The minimum Gasteiger partial charge on any atom is -0.481 e. The van der Waals surface area contributed by atoms with Crippen LogP contribution in [0, 0.1) is 0 Å². The van der Waals surface area contributed by atoms with Gasteiger partial charge in [0.15, 0.2) is 16.1 Å². The number of amidine groups is 1. The number of aliphatic imine (C=N–C) groups is 1. The van der Waals surface area contributed by atoms with Gasteiger partial charge in [-0.3, -0.25) is 9.59 Å². The van der Waals surface area contributed by atoms with Crippen molar-refractivity contribution in [3.63, 3.8) is 0 Å². The number of piperazine rings is 2. The van der Waals surface area contributed by atoms with Gasteiger partial charge in [0.25, 0.3) is 11.8 Å². The highest BCUT2D eigenvalue weighted by molar-refractivity contribution is 8.18. The highest BCUT2D eigenvalue weighted by atomic mass is 35.5. The number of pyridine rings is 1. The normalized spacial score (nSPS) is 18.7. The number of amides is 2. The van der Waals surface area contributed by atoms with E-state index in [9.17, 15) is 9.59 Å². The molecule has 6 rings (SSSR count). The van der Waals surface area contributed by atoms with Crippen LogP contribution in [0.2, 0.25) is 5.15 Å². The fourth-order valence-corrected chi connectivity index (χ4v) is 6.68. The van der Waals surface area contributed by atoms with Gasteiger partial charge in [-0.2, -0.15) is 18.7 Å². The second kappa shape index (κ2) is 12.0. The molecule has 0 aliphatic carbocycles. The number of halogens is 1. The third-order valence-corrected chi connectivity index (χ3v) is 9.05. The van der Waals surface area contributed by atoms with Crippen LogP contribution in [0.5, 0.6) is 5.88 Å². The van der Waals surface area contributed by atoms with E-state index in [0.29, 0.717) is 84.8 Å². The molecule has 0 bridgehead atoms. The van der Waals surface area contributed by atoms with Gasteiger partial charge in [-0.15, -0.1) is 0 Å². The quantitative estimate of drug-likeness (QED) is 0.399. The first kappa shape index (κ1) is 27.5. The van der Waals surface area contributed by atoms with Crippen LogP contribution in [-0.4, -0.2) is 100.0 Å². The first-order chi connectivity index (χ1) is 20.0. The molecule has 0 saturated carbocycles. The van der Waals surface area contributed by atoms with Crippen molar-refractivity contribution >= 4 is 69.8 Å². The van der Waals surface area contributed by atoms with E-state index in [0.717, 1.165) is 23.1 Å². The number of hydrogen-bond donors (Lipinski definition) is 0. The molecule has 3 aliphatic rings. The van der Waals surface area contributed by atoms with E-state index in [4.69, 9.17) is 16.3 Å². The van der Waals surface area contributed by atoms with Crippen molar-refractivity contribution < 1.29 is 14.3 Å². The van der Waals surface area contributed by atoms with E-state index in [1.807, 2.05) is 53.4 Å². The number of hydrogen-bond acceptors (Lipinski definition) is 11. The Kier molecular flexibility index (Phi) is 8.08. The molecule has 0 radical (unpaired) electrons. The average Bonchev–Trinajstić information content (AvgIpc) is 3.61. The Labute approximate surface area is 250 Å². The molecular formula is C27H27ClN8O3S2. The standard InChI is InChI=1S/C27H27ClN8O3S2/c1-39-22-7-3-6-21(29-22)33-8-12-35(13-9-33)26(38)19-5-2-4-18(16-19)17-20-25(37)30-27(40-20)36-14-10-34(11-15-36)24-23(28)31-41-32-24/h2-7,16-17H,8-15H2,1H3. The molecular weight excluding hydrogens is 584 g/mol. The van der Waals surface area contributed by atoms with Crippen molar-refractivity contribution in [2.24, 2.45) is 4.99 Å². The van der Waals surface area contributed by atoms with E-state index in [-0.39, 0.29) is 11.8 Å². The molecule has 3 aromatic rings. The summed E-state index contributed by atoms with van der Waals surface area (Å²) in [6.07, 6.45) is 1.81. The Morgan fingerprint density at radius 1 is 0.951 bits per heavy atom. The number of methoxy groups -OCH3 is 1. The number of carbonyl (C=O) groups excluding carboxylic acids is 2. The summed E-state index contributed by atoms with van der Waals surface area (Å²) in [5.74, 6) is 1.82. The molecule has 2 amide bonds. The lowest BCUT2D eigenvalue weighted by Crippen LogP contribution is -2.49. The first-order valence-electron chi connectivity index (χ1n) is 13.1. The molecule has 41 heavy (non-hydrogen) atoms. The number of thioether (sulfide) groups is 1. The van der Waals surface area contributed by atoms with Gasteiger partial charge in [0.1, 0.15) is 5.82 Å². The predicted molar refractivity (Wildman–Crippen MR) is 162 cm³/mol. The van der Waals surface area contributed by atoms with Crippen LogP contribution >= 0.6 is 35.1 Å². The minimum absolute atomic E-state index is 0.0286. The van der Waals surface area contributed by atoms with Crippen molar-refractivity contribution in [3.8, 4) is 5.88 Å². The van der Waals surface area contributed by atoms with E-state index >= 15 is 0 Å². The Bertz CT molecular complexity index is 1510. The van der Waals surface area contributed by atoms with Crippen LogP contribution < -0.4 is 14.5 Å². The zero-order valence-electron chi connectivity index (χ0n) is 22.3. The molecule has 212 valence electrons. The van der Waals surface area contributed by atoms with Gasteiger partial charge in [0.2, 0.25) is 5.88 Å². The maximum absolute atomic E-state index is 13.3. The highest BCUT2D eigenvalue weighted by Gasteiger charge is 2.30. The lowest BCUT2D eigenvalue weighted by molar-refractivity contribution is -0.113. The predicted octanol–water partition coefficient (Wildman–Crippen LogP) is 3.35. The molecule has 0 unspecified atom stereocenters. The molecule has 5 heterocycles. The zero-order chi connectivity index (χ0) is 28.3. The number of rotatable bonds is 5. The number of benzene rings is 1. The summed E-state index contributed by atoms with van der Waals surface area (Å²) in [4.78, 5) is 43.6. The SMILES string of the molecule is COc1cccc(N2CCN(C(=O)c3cccc(C=C4SC(N5CCN(c6nsnc6Cl)CC5)=NC4=O)c3)CC2)n1. The molecule has 2 aromatic heterocycles. The van der Waals surface area contributed by atoms with Crippen molar-refractivity contribution in [2.75, 3.05) is 69.3 Å². The number of aromatic nitrogens is 3. The lowest BCUT2D eigenvalue weighted by Gasteiger charge is -2.35. The average molecular weight is 611 g/mol. The molecule has 2 saturated heterocycles. The smallest absolute Gasteiger partial charge is 0.286 e. The van der Waals surface area contributed by atoms with Gasteiger partial charge in [0, 0.05) is 64.0 Å². The number of nitrogens with zero attached hydrogens (tertiary/aromatic N) is 8. The molecule has 2 fully saturated rings. The van der Waals surface area contributed by atoms with Gasteiger partial charge in [0.05, 0.1) is 23.7 Å². The van der Waals surface area contributed by atoms with Crippen LogP contribution in [0.25, 0.3) is 6.08 Å². The van der Waals surface area contributed by atoms with Crippen molar-refractivity contribution in [1.29, 1.82) is 0 Å². The van der Waals surface area contributed by atoms with E-state index in [2.05, 4.69) is 33.4 Å². The van der Waals surface area contributed by atoms with E-state index < -0.39 is 0 Å². The Hall–Kier alpha value is -3.68. The van der Waals surface area contributed by atoms with Gasteiger partial charge >= 0.3 is 0 Å². The summed E-state index contributed by atoms with van der Waals surface area (Å²) >= 11 is 8.60. The maximum atomic E-state index is 13.3. The lowest BCUT2D eigenvalue weighted by atomic mass is 10.1. The third-order valence-electron chi connectivity index (χ3n) is 7.13. The fraction of sp³-hybridized carbons (Fsp3) is 0.333. The molecule has 0 N–H and O–H groups in total. The molecule has 0 atom stereocenters. The van der Waals surface area contributed by atoms with Crippen molar-refractivity contribution in [2.45, 2.75) is 0 Å². The summed E-state index contributed by atoms with van der Waals surface area (Å²) < 4.78 is 13.6. The van der Waals surface area contributed by atoms with Crippen molar-refractivity contribution in [3.05, 3.63) is 63.6 Å². The number of anilines is 2. The Morgan fingerprint density at radius 2 is 1.68 bits per heavy atom. The molecule has 3 aliphatic heterocycles. The summed E-state index contributed by atoms with van der Waals surface area (Å²) in [6, 6.07) is 13.1. The summed E-state index contributed by atoms with van der Waals surface area (Å²) in [5, 5.41) is 1.11. The first-order valence-corrected chi connectivity index (χ1v) is 15.1. The van der Waals surface area contributed by atoms with Crippen LogP contribution in [0.15, 0.2) is 52.4 Å². The largest absolute Gasteiger partial charge is 0.481 e. The van der Waals surface area contributed by atoms with Gasteiger partial charge in [-0.1, -0.05) is 29.8 Å². The zero-order valence-corrected chi connectivity index (χ0v) is 24.7.